The fourth-order valence-electron chi connectivity index (χ4n) is 1.79. The van der Waals surface area contributed by atoms with Crippen molar-refractivity contribution < 1.29 is 14.3 Å². The molecule has 1 atom stereocenters. The summed E-state index contributed by atoms with van der Waals surface area (Å²) in [6, 6.07) is 3.29. The Morgan fingerprint density at radius 2 is 2.05 bits per heavy atom. The number of hydrogen-bond acceptors (Lipinski definition) is 4. The second-order valence-corrected chi connectivity index (χ2v) is 4.49. The zero-order chi connectivity index (χ0) is 14.3. The molecule has 0 spiro atoms. The maximum Gasteiger partial charge on any atom is 0.287 e. The van der Waals surface area contributed by atoms with Crippen molar-refractivity contribution in [2.45, 2.75) is 39.8 Å². The van der Waals surface area contributed by atoms with E-state index in [-0.39, 0.29) is 18.6 Å². The zero-order valence-corrected chi connectivity index (χ0v) is 12.0. The number of nitrogens with one attached hydrogen (secondary N) is 1. The molecule has 5 heteroatoms. The van der Waals surface area contributed by atoms with Crippen LogP contribution in [0.15, 0.2) is 16.5 Å². The summed E-state index contributed by atoms with van der Waals surface area (Å²) in [6.07, 6.45) is 0.690. The lowest BCUT2D eigenvalue weighted by molar-refractivity contribution is 0.0883. The first-order valence-corrected chi connectivity index (χ1v) is 6.87. The maximum absolute atomic E-state index is 11.9. The lowest BCUT2D eigenvalue weighted by Gasteiger charge is -2.16. The first-order chi connectivity index (χ1) is 9.14. The first-order valence-electron chi connectivity index (χ1n) is 6.87. The highest BCUT2D eigenvalue weighted by atomic mass is 16.4. The van der Waals surface area contributed by atoms with E-state index in [0.29, 0.717) is 18.7 Å². The molecule has 0 fully saturated rings. The predicted molar refractivity (Wildman–Crippen MR) is 74.0 cm³/mol. The molecule has 0 aliphatic carbocycles. The van der Waals surface area contributed by atoms with Gasteiger partial charge in [-0.25, -0.2) is 0 Å². The molecule has 0 aromatic carbocycles. The molecule has 0 radical (unpaired) electrons. The third kappa shape index (κ3) is 4.69. The Bertz CT molecular complexity index is 382. The number of carbonyl (C=O) groups excluding carboxylic acids is 1. The molecule has 1 rings (SSSR count). The second-order valence-electron chi connectivity index (χ2n) is 4.49. The van der Waals surface area contributed by atoms with E-state index in [2.05, 4.69) is 24.1 Å². The maximum atomic E-state index is 11.9. The third-order valence-electron chi connectivity index (χ3n) is 3.21. The van der Waals surface area contributed by atoms with Crippen LogP contribution in [0.4, 0.5) is 0 Å². The van der Waals surface area contributed by atoms with E-state index in [1.54, 1.807) is 6.07 Å². The highest BCUT2D eigenvalue weighted by Gasteiger charge is 2.15. The number of aliphatic hydroxyl groups excluding tert-OH is 1. The molecule has 1 amide bonds. The minimum absolute atomic E-state index is 0.0603. The van der Waals surface area contributed by atoms with Gasteiger partial charge in [-0.05, 0) is 31.6 Å². The Labute approximate surface area is 114 Å². The predicted octanol–water partition coefficient (Wildman–Crippen LogP) is 1.62. The van der Waals surface area contributed by atoms with Crippen molar-refractivity contribution in [2.24, 2.45) is 0 Å². The van der Waals surface area contributed by atoms with Crippen LogP contribution in [-0.2, 0) is 6.54 Å². The number of carbonyl (C=O) groups is 1. The van der Waals surface area contributed by atoms with E-state index in [1.165, 1.54) is 0 Å². The summed E-state index contributed by atoms with van der Waals surface area (Å²) in [5, 5.41) is 11.8. The van der Waals surface area contributed by atoms with Crippen LogP contribution in [0, 0.1) is 0 Å². The van der Waals surface area contributed by atoms with Crippen LogP contribution in [0.5, 0.6) is 0 Å². The number of furan rings is 1. The van der Waals surface area contributed by atoms with Gasteiger partial charge in [0.25, 0.3) is 5.91 Å². The summed E-state index contributed by atoms with van der Waals surface area (Å²) in [5.74, 6) is 0.812. The molecule has 108 valence electrons. The molecular formula is C14H24N2O3. The molecule has 1 aromatic rings. The van der Waals surface area contributed by atoms with E-state index in [9.17, 15) is 4.79 Å². The van der Waals surface area contributed by atoms with Crippen molar-refractivity contribution >= 4 is 5.91 Å². The Hall–Kier alpha value is -1.33. The third-order valence-corrected chi connectivity index (χ3v) is 3.21. The van der Waals surface area contributed by atoms with Gasteiger partial charge in [0, 0.05) is 0 Å². The van der Waals surface area contributed by atoms with Crippen LogP contribution < -0.4 is 5.32 Å². The highest BCUT2D eigenvalue weighted by Crippen LogP contribution is 2.11. The molecule has 1 aromatic heterocycles. The molecule has 0 aliphatic rings. The van der Waals surface area contributed by atoms with Crippen LogP contribution in [0.1, 0.15) is 43.5 Å². The first kappa shape index (κ1) is 15.7. The van der Waals surface area contributed by atoms with Crippen LogP contribution in [0.3, 0.4) is 0 Å². The minimum Gasteiger partial charge on any atom is -0.455 e. The van der Waals surface area contributed by atoms with Gasteiger partial charge in [0.15, 0.2) is 5.76 Å². The monoisotopic (exact) mass is 268 g/mol. The number of hydrogen-bond donors (Lipinski definition) is 2. The van der Waals surface area contributed by atoms with Crippen molar-refractivity contribution in [1.29, 1.82) is 0 Å². The van der Waals surface area contributed by atoms with E-state index >= 15 is 0 Å². The van der Waals surface area contributed by atoms with Gasteiger partial charge in [0.2, 0.25) is 0 Å². The van der Waals surface area contributed by atoms with Crippen molar-refractivity contribution in [3.63, 3.8) is 0 Å². The van der Waals surface area contributed by atoms with E-state index in [4.69, 9.17) is 9.52 Å². The van der Waals surface area contributed by atoms with Gasteiger partial charge in [-0.3, -0.25) is 9.69 Å². The number of aliphatic hydroxyl groups is 1. The van der Waals surface area contributed by atoms with Gasteiger partial charge in [0.05, 0.1) is 19.2 Å². The van der Waals surface area contributed by atoms with E-state index < -0.39 is 0 Å². The van der Waals surface area contributed by atoms with Crippen molar-refractivity contribution in [3.8, 4) is 0 Å². The standard InChI is InChI=1S/C14H24N2O3/c1-4-11(10-17)15-14(18)13-8-7-12(19-13)9-16(5-2)6-3/h7-8,11,17H,4-6,9-10H2,1-3H3,(H,15,18)/t11-/m0/s1. The Kier molecular flexibility index (Phi) is 6.59. The van der Waals surface area contributed by atoms with Crippen LogP contribution in [0.2, 0.25) is 0 Å². The smallest absolute Gasteiger partial charge is 0.287 e. The van der Waals surface area contributed by atoms with Crippen molar-refractivity contribution in [3.05, 3.63) is 23.7 Å². The summed E-state index contributed by atoms with van der Waals surface area (Å²) >= 11 is 0. The fourth-order valence-corrected chi connectivity index (χ4v) is 1.79. The van der Waals surface area contributed by atoms with Crippen molar-refractivity contribution in [2.75, 3.05) is 19.7 Å². The zero-order valence-electron chi connectivity index (χ0n) is 12.0. The largest absolute Gasteiger partial charge is 0.455 e. The molecule has 2 N–H and O–H groups in total. The molecule has 0 saturated heterocycles. The summed E-state index contributed by atoms with van der Waals surface area (Å²) in [7, 11) is 0. The molecule has 5 nitrogen and oxygen atoms in total. The molecule has 0 saturated carbocycles. The topological polar surface area (TPSA) is 65.7 Å². The normalized spacial score (nSPS) is 12.7. The fraction of sp³-hybridized carbons (Fsp3) is 0.643. The average Bonchev–Trinajstić information content (AvgIpc) is 2.90. The van der Waals surface area contributed by atoms with Crippen molar-refractivity contribution in [1.82, 2.24) is 10.2 Å². The molecule has 1 heterocycles. The molecular weight excluding hydrogens is 244 g/mol. The van der Waals surface area contributed by atoms with Gasteiger partial charge in [-0.2, -0.15) is 0 Å². The molecule has 19 heavy (non-hydrogen) atoms. The molecule has 0 aliphatic heterocycles. The van der Waals surface area contributed by atoms with Crippen LogP contribution in [-0.4, -0.2) is 41.7 Å². The Morgan fingerprint density at radius 3 is 2.58 bits per heavy atom. The minimum atomic E-state index is -0.272. The summed E-state index contributed by atoms with van der Waals surface area (Å²) in [5.41, 5.74) is 0. The van der Waals surface area contributed by atoms with Gasteiger partial charge in [-0.15, -0.1) is 0 Å². The number of rotatable bonds is 8. The lowest BCUT2D eigenvalue weighted by atomic mass is 10.2. The van der Waals surface area contributed by atoms with E-state index in [0.717, 1.165) is 18.8 Å². The highest BCUT2D eigenvalue weighted by molar-refractivity contribution is 5.91. The summed E-state index contributed by atoms with van der Waals surface area (Å²) < 4.78 is 5.53. The van der Waals surface area contributed by atoms with Gasteiger partial charge >= 0.3 is 0 Å². The Balaban J connectivity index is 2.60. The Morgan fingerprint density at radius 1 is 1.37 bits per heavy atom. The van der Waals surface area contributed by atoms with Crippen LogP contribution >= 0.6 is 0 Å². The van der Waals surface area contributed by atoms with Gasteiger partial charge in [0.1, 0.15) is 5.76 Å². The SMILES string of the molecule is CC[C@@H](CO)NC(=O)c1ccc(CN(CC)CC)o1. The number of nitrogens with zero attached hydrogens (tertiary/aromatic N) is 1. The summed E-state index contributed by atoms with van der Waals surface area (Å²) in [6.45, 7) is 8.63. The number of amides is 1. The quantitative estimate of drug-likeness (QED) is 0.752. The average molecular weight is 268 g/mol. The molecule has 0 bridgehead atoms. The second kappa shape index (κ2) is 7.96. The summed E-state index contributed by atoms with van der Waals surface area (Å²) in [4.78, 5) is 14.1. The van der Waals surface area contributed by atoms with Gasteiger partial charge in [-0.1, -0.05) is 20.8 Å². The van der Waals surface area contributed by atoms with E-state index in [1.807, 2.05) is 13.0 Å². The lowest BCUT2D eigenvalue weighted by Crippen LogP contribution is -2.36. The molecule has 0 unspecified atom stereocenters. The van der Waals surface area contributed by atoms with Gasteiger partial charge < -0.3 is 14.8 Å². The van der Waals surface area contributed by atoms with Crippen LogP contribution in [0.25, 0.3) is 0 Å².